The fourth-order valence-electron chi connectivity index (χ4n) is 4.05. The van der Waals surface area contributed by atoms with Gasteiger partial charge in [0.15, 0.2) is 0 Å². The van der Waals surface area contributed by atoms with Crippen LogP contribution in [0, 0.1) is 19.4 Å². The van der Waals surface area contributed by atoms with Crippen molar-refractivity contribution in [2.24, 2.45) is 0 Å². The van der Waals surface area contributed by atoms with Gasteiger partial charge in [-0.3, -0.25) is 0 Å². The predicted molar refractivity (Wildman–Crippen MR) is 116 cm³/mol. The second-order valence-electron chi connectivity index (χ2n) is 7.39. The molecule has 29 heavy (non-hydrogen) atoms. The average molecular weight is 558 g/mol. The molecule has 2 aliphatic rings. The summed E-state index contributed by atoms with van der Waals surface area (Å²) in [5.74, 6) is 0. The summed E-state index contributed by atoms with van der Waals surface area (Å²) in [6, 6.07) is 27.1. The van der Waals surface area contributed by atoms with Crippen LogP contribution in [-0.4, -0.2) is 14.1 Å². The molecular formula is C24H23N4Os-3. The minimum Gasteiger partial charge on any atom is -0.504 e. The van der Waals surface area contributed by atoms with Crippen molar-refractivity contribution in [2.45, 2.75) is 13.1 Å². The number of fused-ring (bicyclic) bond motifs is 2. The van der Waals surface area contributed by atoms with Crippen LogP contribution in [0.25, 0.3) is 0 Å². The predicted octanol–water partition coefficient (Wildman–Crippen LogP) is 4.64. The van der Waals surface area contributed by atoms with Crippen LogP contribution in [-0.2, 0) is 32.9 Å². The Morgan fingerprint density at radius 3 is 1.48 bits per heavy atom. The molecule has 0 saturated carbocycles. The van der Waals surface area contributed by atoms with Gasteiger partial charge in [0.2, 0.25) is 0 Å². The van der Waals surface area contributed by atoms with Crippen molar-refractivity contribution < 1.29 is 19.8 Å². The van der Waals surface area contributed by atoms with E-state index < -0.39 is 0 Å². The van der Waals surface area contributed by atoms with Crippen molar-refractivity contribution in [3.8, 4) is 0 Å². The van der Waals surface area contributed by atoms with Crippen molar-refractivity contribution in [3.63, 3.8) is 0 Å². The summed E-state index contributed by atoms with van der Waals surface area (Å²) in [6.07, 6.45) is 0. The van der Waals surface area contributed by atoms with Crippen LogP contribution in [0.2, 0.25) is 0 Å². The molecule has 0 aliphatic carbocycles. The topological polar surface area (TPSA) is 13.0 Å². The Morgan fingerprint density at radius 1 is 0.621 bits per heavy atom. The number of para-hydroxylation sites is 4. The number of hydrogen-bond acceptors (Lipinski definition) is 4. The molecule has 0 aromatic heterocycles. The van der Waals surface area contributed by atoms with Crippen LogP contribution < -0.4 is 19.6 Å². The Balaban J connectivity index is 0.00000205. The average Bonchev–Trinajstić information content (AvgIpc) is 3.20. The Labute approximate surface area is 186 Å². The first-order valence-corrected chi connectivity index (χ1v) is 9.56. The van der Waals surface area contributed by atoms with Crippen LogP contribution >= 0.6 is 0 Å². The van der Waals surface area contributed by atoms with Crippen LogP contribution in [0.3, 0.4) is 0 Å². The van der Waals surface area contributed by atoms with E-state index in [9.17, 15) is 0 Å². The van der Waals surface area contributed by atoms with Crippen LogP contribution in [0.4, 0.5) is 22.7 Å². The number of hydrogen-bond donors (Lipinski definition) is 0. The number of anilines is 4. The second-order valence-corrected chi connectivity index (χ2v) is 7.39. The van der Waals surface area contributed by atoms with E-state index in [1.54, 1.807) is 0 Å². The summed E-state index contributed by atoms with van der Waals surface area (Å²) >= 11 is 0. The molecule has 0 atom stereocenters. The molecule has 5 heteroatoms. The normalized spacial score (nSPS) is 14.7. The molecule has 5 rings (SSSR count). The Kier molecular flexibility index (Phi) is 5.52. The molecule has 0 unspecified atom stereocenters. The van der Waals surface area contributed by atoms with E-state index in [1.807, 2.05) is 0 Å². The van der Waals surface area contributed by atoms with E-state index in [2.05, 4.69) is 120 Å². The fourth-order valence-corrected chi connectivity index (χ4v) is 4.05. The minimum absolute atomic E-state index is 0. The van der Waals surface area contributed by atoms with Gasteiger partial charge in [-0.25, -0.2) is 0 Å². The van der Waals surface area contributed by atoms with Gasteiger partial charge in [0.1, 0.15) is 0 Å². The summed E-state index contributed by atoms with van der Waals surface area (Å²) in [6.45, 7) is 5.94. The van der Waals surface area contributed by atoms with Crippen LogP contribution in [0.1, 0.15) is 11.1 Å². The maximum absolute atomic E-state index is 3.63. The fraction of sp³-hybridized carbons (Fsp3) is 0.167. The van der Waals surface area contributed by atoms with Crippen LogP contribution in [0.5, 0.6) is 0 Å². The second kappa shape index (κ2) is 8.09. The smallest absolute Gasteiger partial charge is 0.0300 e. The summed E-state index contributed by atoms with van der Waals surface area (Å²) in [4.78, 5) is 8.92. The van der Waals surface area contributed by atoms with E-state index in [0.717, 1.165) is 13.1 Å². The molecule has 3 aromatic carbocycles. The molecule has 0 radical (unpaired) electrons. The van der Waals surface area contributed by atoms with Gasteiger partial charge in [-0.1, -0.05) is 24.3 Å². The zero-order chi connectivity index (χ0) is 19.1. The van der Waals surface area contributed by atoms with Crippen molar-refractivity contribution in [1.29, 1.82) is 0 Å². The van der Waals surface area contributed by atoms with Gasteiger partial charge in [-0.15, -0.1) is 11.1 Å². The molecule has 0 bridgehead atoms. The summed E-state index contributed by atoms with van der Waals surface area (Å²) in [5.41, 5.74) is 7.36. The van der Waals surface area contributed by atoms with E-state index in [1.165, 1.54) is 33.9 Å². The quantitative estimate of drug-likeness (QED) is 0.434. The third-order valence-corrected chi connectivity index (χ3v) is 5.36. The Bertz CT molecular complexity index is 929. The van der Waals surface area contributed by atoms with Crippen molar-refractivity contribution in [1.82, 2.24) is 0 Å². The van der Waals surface area contributed by atoms with Crippen molar-refractivity contribution in [2.75, 3.05) is 33.7 Å². The molecule has 4 nitrogen and oxygen atoms in total. The summed E-state index contributed by atoms with van der Waals surface area (Å²) in [7, 11) is 4.19. The third-order valence-electron chi connectivity index (χ3n) is 5.36. The van der Waals surface area contributed by atoms with Gasteiger partial charge >= 0.3 is 0 Å². The van der Waals surface area contributed by atoms with Gasteiger partial charge in [0.05, 0.1) is 0 Å². The Morgan fingerprint density at radius 2 is 1.03 bits per heavy atom. The van der Waals surface area contributed by atoms with E-state index in [4.69, 9.17) is 0 Å². The molecule has 2 aliphatic heterocycles. The van der Waals surface area contributed by atoms with Gasteiger partial charge in [0, 0.05) is 42.5 Å². The molecular weight excluding hydrogens is 535 g/mol. The van der Waals surface area contributed by atoms with Gasteiger partial charge in [-0.2, -0.15) is 37.6 Å². The maximum atomic E-state index is 3.63. The number of rotatable bonds is 4. The first-order chi connectivity index (χ1) is 13.7. The van der Waals surface area contributed by atoms with Gasteiger partial charge in [-0.05, 0) is 51.5 Å². The Hall–Kier alpha value is -2.50. The van der Waals surface area contributed by atoms with E-state index in [0.29, 0.717) is 0 Å². The monoisotopic (exact) mass is 559 g/mol. The standard InChI is InChI=1S/C24H23N4.Os/c1-25-17-27(23-12-5-3-10-21(23)25)15-19-8-7-9-20(14-19)16-28-18-26(2)22-11-4-6-13-24(22)28;/h3-13,17-18H,15-16H2,1-2H3;/q-3;. The SMILES string of the molecule is CN1[CH-]N(Cc2[c-]c(CN3[CH-]N(C)c4ccccc43)ccc2)c2ccccc21.[Os]. The summed E-state index contributed by atoms with van der Waals surface area (Å²) in [5, 5.41) is 0. The van der Waals surface area contributed by atoms with E-state index >= 15 is 0 Å². The molecule has 0 spiro atoms. The number of benzene rings is 3. The van der Waals surface area contributed by atoms with Gasteiger partial charge < -0.3 is 19.6 Å². The molecule has 3 aromatic rings. The first kappa shape index (κ1) is 19.8. The maximum Gasteiger partial charge on any atom is 0.0300 e. The largest absolute Gasteiger partial charge is 0.504 e. The molecule has 0 saturated heterocycles. The summed E-state index contributed by atoms with van der Waals surface area (Å²) < 4.78 is 0. The number of nitrogens with zero attached hydrogens (tertiary/aromatic N) is 4. The zero-order valence-electron chi connectivity index (χ0n) is 16.6. The van der Waals surface area contributed by atoms with Gasteiger partial charge in [0.25, 0.3) is 0 Å². The molecule has 2 heterocycles. The molecule has 0 fully saturated rings. The molecule has 0 N–H and O–H groups in total. The van der Waals surface area contributed by atoms with E-state index in [-0.39, 0.29) is 19.8 Å². The molecule has 150 valence electrons. The first-order valence-electron chi connectivity index (χ1n) is 9.56. The molecule has 0 amide bonds. The zero-order valence-corrected chi connectivity index (χ0v) is 19.1. The third kappa shape index (κ3) is 3.72. The van der Waals surface area contributed by atoms with Crippen LogP contribution in [0.15, 0.2) is 66.7 Å². The minimum atomic E-state index is 0. The van der Waals surface area contributed by atoms with Crippen molar-refractivity contribution in [3.05, 3.63) is 97.3 Å². The van der Waals surface area contributed by atoms with Crippen molar-refractivity contribution >= 4 is 22.7 Å².